The van der Waals surface area contributed by atoms with E-state index in [1.165, 1.54) is 6.07 Å². The molecule has 20 heavy (non-hydrogen) atoms. The van der Waals surface area contributed by atoms with Gasteiger partial charge in [-0.1, -0.05) is 30.3 Å². The Kier molecular flexibility index (Phi) is 3.59. The number of benzene rings is 2. The first kappa shape index (κ1) is 13.3. The van der Waals surface area contributed by atoms with Crippen molar-refractivity contribution >= 4 is 26.9 Å². The number of hydrogen-bond acceptors (Lipinski definition) is 2. The van der Waals surface area contributed by atoms with Crippen molar-refractivity contribution in [1.82, 2.24) is 0 Å². The van der Waals surface area contributed by atoms with Gasteiger partial charge in [-0.3, -0.25) is 0 Å². The molecule has 2 N–H and O–H groups in total. The quantitative estimate of drug-likeness (QED) is 0.762. The smallest absolute Gasteiger partial charge is 0.148 e. The van der Waals surface area contributed by atoms with Crippen molar-refractivity contribution in [2.75, 3.05) is 0 Å². The first-order valence-electron chi connectivity index (χ1n) is 6.32. The van der Waals surface area contributed by atoms with Crippen molar-refractivity contribution in [3.63, 3.8) is 0 Å². The molecule has 0 radical (unpaired) electrons. The highest BCUT2D eigenvalue weighted by Crippen LogP contribution is 2.30. The number of halogens is 2. The topological polar surface area (TPSA) is 39.2 Å². The molecule has 1 unspecified atom stereocenters. The second-order valence-electron chi connectivity index (χ2n) is 4.71. The highest BCUT2D eigenvalue weighted by Gasteiger charge is 2.15. The molecule has 0 aliphatic heterocycles. The van der Waals surface area contributed by atoms with Crippen molar-refractivity contribution in [2.45, 2.75) is 12.5 Å². The minimum Gasteiger partial charge on any atom is -0.458 e. The lowest BCUT2D eigenvalue weighted by Gasteiger charge is -2.09. The monoisotopic (exact) mass is 333 g/mol. The van der Waals surface area contributed by atoms with Gasteiger partial charge >= 0.3 is 0 Å². The summed E-state index contributed by atoms with van der Waals surface area (Å²) in [6.07, 6.45) is 0.407. The van der Waals surface area contributed by atoms with Crippen LogP contribution in [0.25, 0.3) is 11.0 Å². The fourth-order valence-electron chi connectivity index (χ4n) is 2.23. The van der Waals surface area contributed by atoms with Crippen LogP contribution in [-0.4, -0.2) is 0 Å². The average molecular weight is 334 g/mol. The summed E-state index contributed by atoms with van der Waals surface area (Å²) >= 11 is 3.44. The molecule has 0 fully saturated rings. The molecule has 1 atom stereocenters. The molecular weight excluding hydrogens is 321 g/mol. The standard InChI is InChI=1S/C16H13BrFNO/c17-12-6-3-5-11-9-15(20-16(11)12)14(19)8-10-4-1-2-7-13(10)18/h1-7,9,14H,8,19H2. The Hall–Kier alpha value is -1.65. The zero-order valence-corrected chi connectivity index (χ0v) is 12.2. The van der Waals surface area contributed by atoms with Gasteiger partial charge in [-0.25, -0.2) is 4.39 Å². The summed E-state index contributed by atoms with van der Waals surface area (Å²) in [7, 11) is 0. The van der Waals surface area contributed by atoms with E-state index in [1.807, 2.05) is 24.3 Å². The van der Waals surface area contributed by atoms with Crippen LogP contribution in [0.1, 0.15) is 17.4 Å². The van der Waals surface area contributed by atoms with E-state index in [4.69, 9.17) is 10.2 Å². The molecule has 1 heterocycles. The van der Waals surface area contributed by atoms with E-state index in [0.29, 0.717) is 17.7 Å². The summed E-state index contributed by atoms with van der Waals surface area (Å²) in [5, 5.41) is 0.985. The molecule has 1 aromatic heterocycles. The molecule has 3 rings (SSSR count). The Morgan fingerprint density at radius 3 is 2.70 bits per heavy atom. The van der Waals surface area contributed by atoms with Crippen molar-refractivity contribution < 1.29 is 8.81 Å². The fourth-order valence-corrected chi connectivity index (χ4v) is 2.69. The van der Waals surface area contributed by atoms with Crippen LogP contribution in [0.4, 0.5) is 4.39 Å². The lowest BCUT2D eigenvalue weighted by molar-refractivity contribution is 0.486. The minimum absolute atomic E-state index is 0.236. The predicted molar refractivity (Wildman–Crippen MR) is 80.9 cm³/mol. The molecule has 2 aromatic carbocycles. The maximum absolute atomic E-state index is 13.6. The number of furan rings is 1. The highest BCUT2D eigenvalue weighted by molar-refractivity contribution is 9.10. The van der Waals surface area contributed by atoms with Crippen LogP contribution < -0.4 is 5.73 Å². The lowest BCUT2D eigenvalue weighted by atomic mass is 10.0. The van der Waals surface area contributed by atoms with Crippen molar-refractivity contribution in [3.05, 3.63) is 70.1 Å². The Bertz CT molecular complexity index is 753. The van der Waals surface area contributed by atoms with Crippen molar-refractivity contribution in [2.24, 2.45) is 5.73 Å². The van der Waals surface area contributed by atoms with Crippen molar-refractivity contribution in [3.8, 4) is 0 Å². The summed E-state index contributed by atoms with van der Waals surface area (Å²) in [6, 6.07) is 14.0. The van der Waals surface area contributed by atoms with Gasteiger partial charge < -0.3 is 10.2 Å². The van der Waals surface area contributed by atoms with Gasteiger partial charge in [-0.2, -0.15) is 0 Å². The third-order valence-corrected chi connectivity index (χ3v) is 3.90. The summed E-state index contributed by atoms with van der Waals surface area (Å²) in [5.74, 6) is 0.426. The van der Waals surface area contributed by atoms with Gasteiger partial charge in [0.1, 0.15) is 17.2 Å². The third kappa shape index (κ3) is 2.49. The first-order valence-corrected chi connectivity index (χ1v) is 7.11. The average Bonchev–Trinajstić information content (AvgIpc) is 2.87. The molecule has 0 aliphatic rings. The summed E-state index contributed by atoms with van der Waals surface area (Å²) in [6.45, 7) is 0. The Labute approximate surface area is 124 Å². The van der Waals surface area contributed by atoms with Gasteiger partial charge in [0.15, 0.2) is 0 Å². The Balaban J connectivity index is 1.91. The maximum atomic E-state index is 13.6. The molecule has 0 saturated heterocycles. The van der Waals surface area contributed by atoms with Crippen LogP contribution in [0.15, 0.2) is 57.4 Å². The Morgan fingerprint density at radius 1 is 1.15 bits per heavy atom. The molecule has 0 saturated carbocycles. The van der Waals surface area contributed by atoms with Gasteiger partial charge in [-0.05, 0) is 46.1 Å². The third-order valence-electron chi connectivity index (χ3n) is 3.28. The number of fused-ring (bicyclic) bond motifs is 1. The number of rotatable bonds is 3. The SMILES string of the molecule is NC(Cc1ccccc1F)c1cc2cccc(Br)c2o1. The zero-order valence-electron chi connectivity index (χ0n) is 10.6. The van der Waals surface area contributed by atoms with Crippen LogP contribution >= 0.6 is 15.9 Å². The van der Waals surface area contributed by atoms with Gasteiger partial charge in [0.05, 0.1) is 10.5 Å². The number of hydrogen-bond donors (Lipinski definition) is 1. The van der Waals surface area contributed by atoms with Crippen LogP contribution in [0.3, 0.4) is 0 Å². The van der Waals surface area contributed by atoms with Gasteiger partial charge in [0, 0.05) is 5.39 Å². The van der Waals surface area contributed by atoms with Crippen LogP contribution in [0, 0.1) is 5.82 Å². The molecule has 0 bridgehead atoms. The van der Waals surface area contributed by atoms with Crippen molar-refractivity contribution in [1.29, 1.82) is 0 Å². The molecule has 0 spiro atoms. The maximum Gasteiger partial charge on any atom is 0.148 e. The highest BCUT2D eigenvalue weighted by atomic mass is 79.9. The minimum atomic E-state index is -0.369. The number of nitrogens with two attached hydrogens (primary N) is 1. The first-order chi connectivity index (χ1) is 9.65. The van der Waals surface area contributed by atoms with E-state index in [0.717, 1.165) is 15.4 Å². The fraction of sp³-hybridized carbons (Fsp3) is 0.125. The molecule has 0 aliphatic carbocycles. The van der Waals surface area contributed by atoms with Crippen LogP contribution in [0.2, 0.25) is 0 Å². The lowest BCUT2D eigenvalue weighted by Crippen LogP contribution is -2.13. The number of para-hydroxylation sites is 1. The Morgan fingerprint density at radius 2 is 1.95 bits per heavy atom. The second kappa shape index (κ2) is 5.38. The van der Waals surface area contributed by atoms with E-state index >= 15 is 0 Å². The van der Waals surface area contributed by atoms with Gasteiger partial charge in [0.25, 0.3) is 0 Å². The molecule has 4 heteroatoms. The predicted octanol–water partition coefficient (Wildman–Crippen LogP) is 4.58. The molecule has 0 amide bonds. The normalized spacial score (nSPS) is 12.8. The molecule has 2 nitrogen and oxygen atoms in total. The second-order valence-corrected chi connectivity index (χ2v) is 5.56. The zero-order chi connectivity index (χ0) is 14.1. The van der Waals surface area contributed by atoms with E-state index in [9.17, 15) is 4.39 Å². The molecule has 3 aromatic rings. The van der Waals surface area contributed by atoms with E-state index in [-0.39, 0.29) is 11.9 Å². The van der Waals surface area contributed by atoms with Gasteiger partial charge in [0.2, 0.25) is 0 Å². The summed E-state index contributed by atoms with van der Waals surface area (Å²) in [5.41, 5.74) is 7.50. The van der Waals surface area contributed by atoms with E-state index < -0.39 is 0 Å². The largest absolute Gasteiger partial charge is 0.458 e. The molecule has 102 valence electrons. The summed E-state index contributed by atoms with van der Waals surface area (Å²) in [4.78, 5) is 0. The van der Waals surface area contributed by atoms with E-state index in [2.05, 4.69) is 15.9 Å². The van der Waals surface area contributed by atoms with Crippen LogP contribution in [0.5, 0.6) is 0 Å². The summed E-state index contributed by atoms with van der Waals surface area (Å²) < 4.78 is 20.3. The van der Waals surface area contributed by atoms with Gasteiger partial charge in [-0.15, -0.1) is 0 Å². The molecular formula is C16H13BrFNO. The van der Waals surface area contributed by atoms with E-state index in [1.54, 1.807) is 18.2 Å². The van der Waals surface area contributed by atoms with Crippen LogP contribution in [-0.2, 0) is 6.42 Å².